The van der Waals surface area contributed by atoms with Crippen molar-refractivity contribution in [3.63, 3.8) is 0 Å². The third kappa shape index (κ3) is 5.14. The summed E-state index contributed by atoms with van der Waals surface area (Å²) in [4.78, 5) is 39.9. The van der Waals surface area contributed by atoms with Crippen molar-refractivity contribution in [2.75, 3.05) is 20.8 Å². The van der Waals surface area contributed by atoms with E-state index < -0.39 is 0 Å². The molecule has 0 saturated heterocycles. The topological polar surface area (TPSA) is 96.0 Å². The summed E-state index contributed by atoms with van der Waals surface area (Å²) < 4.78 is 16.3. The number of benzene rings is 1. The van der Waals surface area contributed by atoms with Crippen LogP contribution in [0.3, 0.4) is 0 Å². The lowest BCUT2D eigenvalue weighted by Crippen LogP contribution is -2.35. The van der Waals surface area contributed by atoms with Crippen LogP contribution in [0.15, 0.2) is 22.7 Å². The first-order chi connectivity index (χ1) is 11.9. The smallest absolute Gasteiger partial charge is 0.373 e. The minimum atomic E-state index is -0.378. The summed E-state index contributed by atoms with van der Waals surface area (Å²) in [6, 6.07) is 5.71. The maximum Gasteiger partial charge on any atom is 0.373 e. The molecule has 8 heteroatoms. The molecule has 3 atom stereocenters. The van der Waals surface area contributed by atoms with Gasteiger partial charge in [0, 0.05) is 11.8 Å². The molecule has 0 bridgehead atoms. The third-order valence-corrected chi connectivity index (χ3v) is 4.70. The van der Waals surface area contributed by atoms with Crippen LogP contribution in [0.5, 0.6) is 5.75 Å². The third-order valence-electron chi connectivity index (χ3n) is 4.07. The van der Waals surface area contributed by atoms with Gasteiger partial charge in [0.2, 0.25) is 0 Å². The molecule has 0 amide bonds. The molecular weight excluding hydrogens is 396 g/mol. The second-order valence-corrected chi connectivity index (χ2v) is 6.28. The quantitative estimate of drug-likeness (QED) is 0.697. The van der Waals surface area contributed by atoms with Crippen LogP contribution in [-0.2, 0) is 28.7 Å². The molecular formula is C17H19BrO7. The monoisotopic (exact) mass is 414 g/mol. The van der Waals surface area contributed by atoms with E-state index in [1.165, 1.54) is 14.2 Å². The molecule has 1 heterocycles. The van der Waals surface area contributed by atoms with Crippen LogP contribution < -0.4 is 4.74 Å². The number of methoxy groups -OCH3 is 2. The summed E-state index contributed by atoms with van der Waals surface area (Å²) in [5, 5.41) is 0. The van der Waals surface area contributed by atoms with Crippen molar-refractivity contribution in [1.82, 2.24) is 0 Å². The number of esters is 2. The molecule has 3 unspecified atom stereocenters. The van der Waals surface area contributed by atoms with Crippen LogP contribution in [0.1, 0.15) is 24.8 Å². The van der Waals surface area contributed by atoms with E-state index in [4.69, 9.17) is 23.8 Å². The van der Waals surface area contributed by atoms with Crippen molar-refractivity contribution in [3.05, 3.63) is 28.2 Å². The lowest BCUT2D eigenvalue weighted by atomic mass is 9.75. The van der Waals surface area contributed by atoms with E-state index in [0.717, 1.165) is 15.8 Å². The SMILES string of the molecule is COC(=O)CC1COc2c(Br)cccc2C1C(C)C(=O)OC.O=C=O. The van der Waals surface area contributed by atoms with Crippen molar-refractivity contribution < 1.29 is 33.4 Å². The van der Waals surface area contributed by atoms with E-state index in [-0.39, 0.29) is 42.3 Å². The standard InChI is InChI=1S/C16H19BrO5.CO2/c1-9(16(19)21-3)14-10(7-13(18)20-2)8-22-15-11(14)5-4-6-12(15)17;2-1-3/h4-6,9-10,14H,7-8H2,1-3H3;. The summed E-state index contributed by atoms with van der Waals surface area (Å²) in [6.45, 7) is 2.17. The Morgan fingerprint density at radius 3 is 2.52 bits per heavy atom. The van der Waals surface area contributed by atoms with Crippen LogP contribution in [0.4, 0.5) is 0 Å². The zero-order valence-corrected chi connectivity index (χ0v) is 15.7. The number of rotatable bonds is 4. The van der Waals surface area contributed by atoms with Gasteiger partial charge in [-0.2, -0.15) is 9.59 Å². The molecule has 0 saturated carbocycles. The van der Waals surface area contributed by atoms with Gasteiger partial charge in [0.05, 0.1) is 37.6 Å². The number of hydrogen-bond acceptors (Lipinski definition) is 7. The van der Waals surface area contributed by atoms with E-state index in [1.54, 1.807) is 0 Å². The largest absolute Gasteiger partial charge is 0.492 e. The molecule has 1 aliphatic rings. The number of carbonyl (C=O) groups is 2. The highest BCUT2D eigenvalue weighted by atomic mass is 79.9. The Hall–Kier alpha value is -2.18. The Morgan fingerprint density at radius 2 is 1.96 bits per heavy atom. The van der Waals surface area contributed by atoms with Crippen LogP contribution in [0.25, 0.3) is 0 Å². The fourth-order valence-electron chi connectivity index (χ4n) is 2.98. The summed E-state index contributed by atoms with van der Waals surface area (Å²) in [6.07, 6.45) is 0.453. The Balaban J connectivity index is 0.000000970. The Morgan fingerprint density at radius 1 is 1.32 bits per heavy atom. The summed E-state index contributed by atoms with van der Waals surface area (Å²) in [5.74, 6) is -0.557. The van der Waals surface area contributed by atoms with Gasteiger partial charge in [0.1, 0.15) is 5.75 Å². The molecule has 25 heavy (non-hydrogen) atoms. The first-order valence-electron chi connectivity index (χ1n) is 7.46. The maximum atomic E-state index is 12.0. The zero-order valence-electron chi connectivity index (χ0n) is 14.1. The lowest BCUT2D eigenvalue weighted by molar-refractivity contribution is -0.191. The average Bonchev–Trinajstić information content (AvgIpc) is 2.61. The van der Waals surface area contributed by atoms with Gasteiger partial charge in [-0.05, 0) is 27.6 Å². The number of ether oxygens (including phenoxy) is 3. The average molecular weight is 415 g/mol. The number of carbonyl (C=O) groups excluding carboxylic acids is 4. The van der Waals surface area contributed by atoms with E-state index in [2.05, 4.69) is 15.9 Å². The lowest BCUT2D eigenvalue weighted by Gasteiger charge is -2.36. The molecule has 136 valence electrons. The van der Waals surface area contributed by atoms with Gasteiger partial charge in [0.25, 0.3) is 0 Å². The molecule has 7 nitrogen and oxygen atoms in total. The molecule has 2 rings (SSSR count). The van der Waals surface area contributed by atoms with Crippen molar-refractivity contribution in [2.45, 2.75) is 19.3 Å². The second-order valence-electron chi connectivity index (χ2n) is 5.43. The van der Waals surface area contributed by atoms with Crippen molar-refractivity contribution in [1.29, 1.82) is 0 Å². The van der Waals surface area contributed by atoms with E-state index in [0.29, 0.717) is 6.61 Å². The van der Waals surface area contributed by atoms with Crippen LogP contribution in [-0.4, -0.2) is 38.9 Å². The number of halogens is 1. The summed E-state index contributed by atoms with van der Waals surface area (Å²) >= 11 is 3.46. The van der Waals surface area contributed by atoms with Crippen molar-refractivity contribution in [2.24, 2.45) is 11.8 Å². The highest BCUT2D eigenvalue weighted by Gasteiger charge is 2.39. The first kappa shape index (κ1) is 20.9. The molecule has 0 radical (unpaired) electrons. The zero-order chi connectivity index (χ0) is 19.0. The maximum absolute atomic E-state index is 12.0. The highest BCUT2D eigenvalue weighted by molar-refractivity contribution is 9.10. The minimum absolute atomic E-state index is 0.136. The predicted molar refractivity (Wildman–Crippen MR) is 88.7 cm³/mol. The van der Waals surface area contributed by atoms with Gasteiger partial charge < -0.3 is 14.2 Å². The minimum Gasteiger partial charge on any atom is -0.492 e. The van der Waals surface area contributed by atoms with Gasteiger partial charge in [0.15, 0.2) is 0 Å². The fourth-order valence-corrected chi connectivity index (χ4v) is 3.48. The molecule has 1 aromatic carbocycles. The van der Waals surface area contributed by atoms with Gasteiger partial charge >= 0.3 is 18.1 Å². The van der Waals surface area contributed by atoms with Crippen LogP contribution >= 0.6 is 15.9 Å². The molecule has 0 spiro atoms. The van der Waals surface area contributed by atoms with Crippen molar-refractivity contribution in [3.8, 4) is 5.75 Å². The number of hydrogen-bond donors (Lipinski definition) is 0. The predicted octanol–water partition coefficient (Wildman–Crippen LogP) is 2.33. The second kappa shape index (κ2) is 9.96. The van der Waals surface area contributed by atoms with Gasteiger partial charge in [-0.3, -0.25) is 9.59 Å². The van der Waals surface area contributed by atoms with E-state index >= 15 is 0 Å². The van der Waals surface area contributed by atoms with Crippen molar-refractivity contribution >= 4 is 34.0 Å². The first-order valence-corrected chi connectivity index (χ1v) is 8.25. The van der Waals surface area contributed by atoms with Gasteiger partial charge in [-0.1, -0.05) is 19.1 Å². The molecule has 0 aliphatic carbocycles. The Bertz CT molecular complexity index is 652. The van der Waals surface area contributed by atoms with Gasteiger partial charge in [-0.15, -0.1) is 0 Å². The van der Waals surface area contributed by atoms with E-state index in [9.17, 15) is 9.59 Å². The molecule has 1 aliphatic heterocycles. The van der Waals surface area contributed by atoms with Gasteiger partial charge in [-0.25, -0.2) is 0 Å². The van der Waals surface area contributed by atoms with Crippen LogP contribution in [0.2, 0.25) is 0 Å². The molecule has 1 aromatic rings. The fraction of sp³-hybridized carbons (Fsp3) is 0.471. The van der Waals surface area contributed by atoms with Crippen LogP contribution in [0, 0.1) is 11.8 Å². The number of fused-ring (bicyclic) bond motifs is 1. The highest BCUT2D eigenvalue weighted by Crippen LogP contribution is 2.46. The summed E-state index contributed by atoms with van der Waals surface area (Å²) in [7, 11) is 2.73. The van der Waals surface area contributed by atoms with E-state index in [1.807, 2.05) is 25.1 Å². The molecule has 0 aromatic heterocycles. The molecule has 0 fully saturated rings. The molecule has 0 N–H and O–H groups in total. The Kier molecular flexibility index (Phi) is 8.31. The normalized spacial score (nSPS) is 19.0. The Labute approximate surface area is 153 Å². The summed E-state index contributed by atoms with van der Waals surface area (Å²) in [5.41, 5.74) is 0.910. The number of para-hydroxylation sites is 1.